The number of carbonyl (C=O) groups is 1. The molecule has 27 heavy (non-hydrogen) atoms. The van der Waals surface area contributed by atoms with Gasteiger partial charge in [-0.1, -0.05) is 78.8 Å². The molecule has 1 aromatic rings. The molecule has 150 valence electrons. The Morgan fingerprint density at radius 2 is 1.56 bits per heavy atom. The van der Waals surface area contributed by atoms with E-state index in [2.05, 4.69) is 72.7 Å². The largest absolute Gasteiger partial charge is 0.463 e. The van der Waals surface area contributed by atoms with Crippen LogP contribution in [-0.4, -0.2) is 12.6 Å². The van der Waals surface area contributed by atoms with Crippen molar-refractivity contribution in [2.24, 2.45) is 0 Å². The maximum atomic E-state index is 11.5. The Kier molecular flexibility index (Phi) is 8.07. The quantitative estimate of drug-likeness (QED) is 0.311. The summed E-state index contributed by atoms with van der Waals surface area (Å²) >= 11 is 0. The Bertz CT molecular complexity index is 662. The molecule has 1 aromatic carbocycles. The molecule has 0 aliphatic carbocycles. The molecule has 0 saturated carbocycles. The minimum atomic E-state index is -0.277. The summed E-state index contributed by atoms with van der Waals surface area (Å²) < 4.78 is 4.95. The summed E-state index contributed by atoms with van der Waals surface area (Å²) in [6.45, 7) is 20.0. The van der Waals surface area contributed by atoms with Gasteiger partial charge in [0.05, 0.1) is 6.61 Å². The molecule has 0 bridgehead atoms. The fourth-order valence-corrected chi connectivity index (χ4v) is 2.81. The summed E-state index contributed by atoms with van der Waals surface area (Å²) in [7, 11) is 0. The first-order chi connectivity index (χ1) is 12.3. The van der Waals surface area contributed by atoms with E-state index in [1.165, 1.54) is 16.7 Å². The van der Waals surface area contributed by atoms with Gasteiger partial charge in [0.2, 0.25) is 0 Å². The van der Waals surface area contributed by atoms with E-state index in [0.717, 1.165) is 12.0 Å². The lowest BCUT2D eigenvalue weighted by molar-refractivity contribution is -0.137. The molecule has 1 unspecified atom stereocenters. The second-order valence-corrected chi connectivity index (χ2v) is 9.52. The fraction of sp³-hybridized carbons (Fsp3) is 0.560. The Hall–Kier alpha value is -1.83. The van der Waals surface area contributed by atoms with Crippen LogP contribution in [0.4, 0.5) is 0 Å². The summed E-state index contributed by atoms with van der Waals surface area (Å²) in [5.41, 5.74) is 5.33. The number of ether oxygens (including phenoxy) is 1. The van der Waals surface area contributed by atoms with E-state index in [9.17, 15) is 4.79 Å². The van der Waals surface area contributed by atoms with Gasteiger partial charge in [-0.05, 0) is 59.3 Å². The molecule has 0 aromatic heterocycles. The van der Waals surface area contributed by atoms with E-state index in [1.54, 1.807) is 6.08 Å². The average Bonchev–Trinajstić information content (AvgIpc) is 2.52. The summed E-state index contributed by atoms with van der Waals surface area (Å²) in [5.74, 6) is 0.139. The molecule has 0 aliphatic rings. The van der Waals surface area contributed by atoms with Gasteiger partial charge in [-0.15, -0.1) is 0 Å². The Balaban J connectivity index is 3.01. The van der Waals surface area contributed by atoms with Gasteiger partial charge >= 0.3 is 5.97 Å². The first-order valence-corrected chi connectivity index (χ1v) is 10.0. The SMILES string of the molecule is CCOC(=O)/C=C(C)/C=C/CC(C)c1cc(C(C)(C)C)cc(C(C)(C)C)c1. The summed E-state index contributed by atoms with van der Waals surface area (Å²) in [5, 5.41) is 0. The van der Waals surface area contributed by atoms with Gasteiger partial charge in [0.25, 0.3) is 0 Å². The number of carbonyl (C=O) groups excluding carboxylic acids is 1. The van der Waals surface area contributed by atoms with E-state index in [-0.39, 0.29) is 16.8 Å². The zero-order chi connectivity index (χ0) is 20.8. The van der Waals surface area contributed by atoms with Crippen LogP contribution in [0.2, 0.25) is 0 Å². The highest BCUT2D eigenvalue weighted by atomic mass is 16.5. The molecule has 0 spiro atoms. The van der Waals surface area contributed by atoms with Crippen LogP contribution in [0.5, 0.6) is 0 Å². The lowest BCUT2D eigenvalue weighted by Gasteiger charge is -2.27. The van der Waals surface area contributed by atoms with Crippen LogP contribution >= 0.6 is 0 Å². The zero-order valence-electron chi connectivity index (χ0n) is 18.8. The molecule has 0 saturated heterocycles. The molecule has 2 nitrogen and oxygen atoms in total. The van der Waals surface area contributed by atoms with E-state index in [1.807, 2.05) is 19.9 Å². The van der Waals surface area contributed by atoms with Gasteiger partial charge in [-0.3, -0.25) is 0 Å². The van der Waals surface area contributed by atoms with Crippen molar-refractivity contribution in [3.63, 3.8) is 0 Å². The first-order valence-electron chi connectivity index (χ1n) is 10.0. The first kappa shape index (κ1) is 23.2. The molecule has 0 heterocycles. The van der Waals surface area contributed by atoms with Crippen molar-refractivity contribution in [3.05, 3.63) is 58.7 Å². The minimum Gasteiger partial charge on any atom is -0.463 e. The smallest absolute Gasteiger partial charge is 0.330 e. The summed E-state index contributed by atoms with van der Waals surface area (Å²) in [6, 6.07) is 7.07. The topological polar surface area (TPSA) is 26.3 Å². The normalized spacial score (nSPS) is 14.5. The number of rotatable bonds is 6. The van der Waals surface area contributed by atoms with E-state index >= 15 is 0 Å². The van der Waals surface area contributed by atoms with Gasteiger partial charge in [0.1, 0.15) is 0 Å². The Morgan fingerprint density at radius 1 is 1.04 bits per heavy atom. The monoisotopic (exact) mass is 370 g/mol. The molecular weight excluding hydrogens is 332 g/mol. The summed E-state index contributed by atoms with van der Waals surface area (Å²) in [6.07, 6.45) is 6.63. The van der Waals surface area contributed by atoms with Crippen molar-refractivity contribution in [1.82, 2.24) is 0 Å². The molecule has 1 atom stereocenters. The highest BCUT2D eigenvalue weighted by Crippen LogP contribution is 2.33. The minimum absolute atomic E-state index is 0.129. The second kappa shape index (κ2) is 9.39. The van der Waals surface area contributed by atoms with E-state index < -0.39 is 0 Å². The van der Waals surface area contributed by atoms with Gasteiger partial charge in [-0.2, -0.15) is 0 Å². The lowest BCUT2D eigenvalue weighted by atomic mass is 9.78. The van der Waals surface area contributed by atoms with Crippen LogP contribution in [-0.2, 0) is 20.4 Å². The van der Waals surface area contributed by atoms with Gasteiger partial charge in [-0.25, -0.2) is 4.79 Å². The van der Waals surface area contributed by atoms with E-state index in [4.69, 9.17) is 4.74 Å². The van der Waals surface area contributed by atoms with Crippen molar-refractivity contribution in [3.8, 4) is 0 Å². The molecule has 0 fully saturated rings. The van der Waals surface area contributed by atoms with Gasteiger partial charge in [0, 0.05) is 6.08 Å². The number of benzene rings is 1. The predicted molar refractivity (Wildman–Crippen MR) is 116 cm³/mol. The number of hydrogen-bond donors (Lipinski definition) is 0. The molecule has 0 aliphatic heterocycles. The molecule has 0 amide bonds. The van der Waals surface area contributed by atoms with Crippen LogP contribution < -0.4 is 0 Å². The number of esters is 1. The van der Waals surface area contributed by atoms with Crippen LogP contribution in [0.25, 0.3) is 0 Å². The number of allylic oxidation sites excluding steroid dienone is 3. The Morgan fingerprint density at radius 3 is 2.00 bits per heavy atom. The van der Waals surface area contributed by atoms with Crippen LogP contribution in [0.15, 0.2) is 42.0 Å². The van der Waals surface area contributed by atoms with E-state index in [0.29, 0.717) is 12.5 Å². The fourth-order valence-electron chi connectivity index (χ4n) is 2.81. The average molecular weight is 371 g/mol. The van der Waals surface area contributed by atoms with Crippen LogP contribution in [0, 0.1) is 0 Å². The highest BCUT2D eigenvalue weighted by molar-refractivity contribution is 5.83. The number of hydrogen-bond acceptors (Lipinski definition) is 2. The second-order valence-electron chi connectivity index (χ2n) is 9.52. The van der Waals surface area contributed by atoms with Crippen LogP contribution in [0.1, 0.15) is 91.3 Å². The van der Waals surface area contributed by atoms with Crippen molar-refractivity contribution < 1.29 is 9.53 Å². The van der Waals surface area contributed by atoms with Crippen LogP contribution in [0.3, 0.4) is 0 Å². The lowest BCUT2D eigenvalue weighted by Crippen LogP contribution is -2.17. The van der Waals surface area contributed by atoms with Gasteiger partial charge < -0.3 is 4.74 Å². The van der Waals surface area contributed by atoms with Crippen molar-refractivity contribution >= 4 is 5.97 Å². The van der Waals surface area contributed by atoms with Crippen molar-refractivity contribution in [1.29, 1.82) is 0 Å². The van der Waals surface area contributed by atoms with Crippen molar-refractivity contribution in [2.45, 2.75) is 85.5 Å². The zero-order valence-corrected chi connectivity index (χ0v) is 18.8. The van der Waals surface area contributed by atoms with Gasteiger partial charge in [0.15, 0.2) is 0 Å². The molecule has 0 N–H and O–H groups in total. The molecule has 0 radical (unpaired) electrons. The molecule has 1 rings (SSSR count). The standard InChI is InChI=1S/C25H38O2/c1-10-27-23(26)14-18(2)12-11-13-19(3)20-15-21(24(4,5)6)17-22(16-20)25(7,8)9/h11-12,14-17,19H,10,13H2,1-9H3/b12-11+,18-14+. The maximum Gasteiger partial charge on any atom is 0.330 e. The highest BCUT2D eigenvalue weighted by Gasteiger charge is 2.21. The molecular formula is C25H38O2. The summed E-state index contributed by atoms with van der Waals surface area (Å²) in [4.78, 5) is 11.5. The third kappa shape index (κ3) is 7.74. The predicted octanol–water partition coefficient (Wildman–Crippen LogP) is 6.84. The molecule has 2 heteroatoms. The Labute approximate surface area is 166 Å². The third-order valence-electron chi connectivity index (χ3n) is 4.76. The van der Waals surface area contributed by atoms with Crippen molar-refractivity contribution in [2.75, 3.05) is 6.61 Å². The maximum absolute atomic E-state index is 11.5. The third-order valence-corrected chi connectivity index (χ3v) is 4.76.